The molecule has 0 aliphatic heterocycles. The first-order valence-corrected chi connectivity index (χ1v) is 6.39. The lowest BCUT2D eigenvalue weighted by Gasteiger charge is -2.15. The molecule has 0 aliphatic rings. The summed E-state index contributed by atoms with van der Waals surface area (Å²) >= 11 is 0. The van der Waals surface area contributed by atoms with E-state index in [-0.39, 0.29) is 13.2 Å². The van der Waals surface area contributed by atoms with Crippen molar-refractivity contribution >= 4 is 5.69 Å². The van der Waals surface area contributed by atoms with Crippen molar-refractivity contribution in [3.05, 3.63) is 30.9 Å². The second-order valence-electron chi connectivity index (χ2n) is 4.20. The van der Waals surface area contributed by atoms with E-state index in [0.717, 1.165) is 11.4 Å². The molecule has 1 unspecified atom stereocenters. The molecule has 2 rings (SSSR count). The van der Waals surface area contributed by atoms with Crippen molar-refractivity contribution in [1.82, 2.24) is 14.8 Å². The number of hydrogen-bond donors (Lipinski definition) is 3. The van der Waals surface area contributed by atoms with E-state index in [4.69, 9.17) is 9.84 Å². The highest BCUT2D eigenvalue weighted by molar-refractivity contribution is 5.61. The number of anilines is 1. The van der Waals surface area contributed by atoms with Gasteiger partial charge in [-0.25, -0.2) is 0 Å². The average Bonchev–Trinajstić information content (AvgIpc) is 3.00. The summed E-state index contributed by atoms with van der Waals surface area (Å²) in [6.07, 6.45) is 2.38. The molecule has 0 aliphatic carbocycles. The summed E-state index contributed by atoms with van der Waals surface area (Å²) in [5.74, 6) is 0.689. The Bertz CT molecular complexity index is 530. The third-order valence-corrected chi connectivity index (χ3v) is 2.72. The van der Waals surface area contributed by atoms with Crippen LogP contribution in [-0.2, 0) is 0 Å². The Labute approximate surface area is 116 Å². The maximum absolute atomic E-state index is 9.41. The number of aliphatic hydroxyl groups excluding tert-OH is 2. The molecule has 0 amide bonds. The molecular weight excluding hydrogens is 260 g/mol. The van der Waals surface area contributed by atoms with Gasteiger partial charge in [-0.05, 0) is 25.1 Å². The molecule has 1 atom stereocenters. The van der Waals surface area contributed by atoms with Crippen LogP contribution in [0.15, 0.2) is 30.9 Å². The molecule has 0 fully saturated rings. The Hall–Kier alpha value is -2.12. The highest BCUT2D eigenvalue weighted by Gasteiger charge is 2.08. The van der Waals surface area contributed by atoms with Crippen molar-refractivity contribution in [3.8, 4) is 11.4 Å². The molecule has 0 radical (unpaired) electrons. The van der Waals surface area contributed by atoms with Gasteiger partial charge < -0.3 is 20.3 Å². The summed E-state index contributed by atoms with van der Waals surface area (Å²) in [5, 5.41) is 28.9. The van der Waals surface area contributed by atoms with Gasteiger partial charge in [0.05, 0.1) is 30.7 Å². The SMILES string of the molecule is CCOc1ccc(-n2cnnc2)cc1NCC(O)CO. The Kier molecular flexibility index (Phi) is 4.91. The number of benzene rings is 1. The van der Waals surface area contributed by atoms with E-state index in [1.54, 1.807) is 17.2 Å². The number of nitrogens with one attached hydrogen (secondary N) is 1. The second kappa shape index (κ2) is 6.88. The van der Waals surface area contributed by atoms with E-state index in [1.165, 1.54) is 0 Å². The summed E-state index contributed by atoms with van der Waals surface area (Å²) in [6, 6.07) is 5.60. The van der Waals surface area contributed by atoms with Crippen LogP contribution in [-0.4, -0.2) is 50.8 Å². The van der Waals surface area contributed by atoms with E-state index < -0.39 is 6.10 Å². The van der Waals surface area contributed by atoms with Crippen LogP contribution in [0.3, 0.4) is 0 Å². The predicted octanol–water partition coefficient (Wildman–Crippen LogP) is 0.431. The Morgan fingerprint density at radius 1 is 1.35 bits per heavy atom. The van der Waals surface area contributed by atoms with Gasteiger partial charge in [0.2, 0.25) is 0 Å². The molecule has 20 heavy (non-hydrogen) atoms. The molecule has 1 aromatic heterocycles. The fourth-order valence-electron chi connectivity index (χ4n) is 1.72. The van der Waals surface area contributed by atoms with E-state index in [2.05, 4.69) is 15.5 Å². The van der Waals surface area contributed by atoms with Crippen LogP contribution in [0.2, 0.25) is 0 Å². The third-order valence-electron chi connectivity index (χ3n) is 2.72. The van der Waals surface area contributed by atoms with Crippen LogP contribution in [0.25, 0.3) is 5.69 Å². The lowest BCUT2D eigenvalue weighted by atomic mass is 10.2. The van der Waals surface area contributed by atoms with Crippen molar-refractivity contribution in [2.24, 2.45) is 0 Å². The molecule has 108 valence electrons. The summed E-state index contributed by atoms with van der Waals surface area (Å²) in [6.45, 7) is 2.40. The Morgan fingerprint density at radius 2 is 2.10 bits per heavy atom. The third kappa shape index (κ3) is 3.46. The Balaban J connectivity index is 2.22. The number of ether oxygens (including phenoxy) is 1. The van der Waals surface area contributed by atoms with Crippen molar-refractivity contribution in [2.75, 3.05) is 25.1 Å². The zero-order chi connectivity index (χ0) is 14.4. The number of nitrogens with zero attached hydrogens (tertiary/aromatic N) is 3. The van der Waals surface area contributed by atoms with E-state index >= 15 is 0 Å². The number of aliphatic hydroxyl groups is 2. The molecule has 1 heterocycles. The van der Waals surface area contributed by atoms with Crippen LogP contribution in [0.4, 0.5) is 5.69 Å². The maximum atomic E-state index is 9.41. The number of rotatable bonds is 7. The maximum Gasteiger partial charge on any atom is 0.142 e. The number of hydrogen-bond acceptors (Lipinski definition) is 6. The van der Waals surface area contributed by atoms with E-state index in [0.29, 0.717) is 12.4 Å². The van der Waals surface area contributed by atoms with Crippen molar-refractivity contribution in [2.45, 2.75) is 13.0 Å². The van der Waals surface area contributed by atoms with Gasteiger partial charge in [-0.1, -0.05) is 0 Å². The van der Waals surface area contributed by atoms with Crippen LogP contribution in [0.5, 0.6) is 5.75 Å². The second-order valence-corrected chi connectivity index (χ2v) is 4.20. The van der Waals surface area contributed by atoms with Crippen LogP contribution in [0, 0.1) is 0 Å². The molecule has 2 aromatic rings. The van der Waals surface area contributed by atoms with Crippen molar-refractivity contribution in [3.63, 3.8) is 0 Å². The predicted molar refractivity (Wildman–Crippen MR) is 74.1 cm³/mol. The molecular formula is C13H18N4O3. The quantitative estimate of drug-likeness (QED) is 0.680. The fraction of sp³-hybridized carbons (Fsp3) is 0.385. The summed E-state index contributed by atoms with van der Waals surface area (Å²) in [7, 11) is 0. The minimum absolute atomic E-state index is 0.238. The lowest BCUT2D eigenvalue weighted by Crippen LogP contribution is -2.23. The van der Waals surface area contributed by atoms with Gasteiger partial charge in [-0.2, -0.15) is 0 Å². The molecule has 0 saturated carbocycles. The molecule has 0 bridgehead atoms. The molecule has 0 saturated heterocycles. The van der Waals surface area contributed by atoms with Crippen molar-refractivity contribution in [1.29, 1.82) is 0 Å². The highest BCUT2D eigenvalue weighted by atomic mass is 16.5. The molecule has 7 nitrogen and oxygen atoms in total. The van der Waals surface area contributed by atoms with Crippen LogP contribution < -0.4 is 10.1 Å². The Morgan fingerprint density at radius 3 is 2.75 bits per heavy atom. The first-order chi connectivity index (χ1) is 9.74. The molecule has 3 N–H and O–H groups in total. The monoisotopic (exact) mass is 278 g/mol. The minimum atomic E-state index is -0.817. The lowest BCUT2D eigenvalue weighted by molar-refractivity contribution is 0.105. The van der Waals surface area contributed by atoms with Gasteiger partial charge in [-0.3, -0.25) is 4.57 Å². The van der Waals surface area contributed by atoms with Gasteiger partial charge in [-0.15, -0.1) is 10.2 Å². The zero-order valence-electron chi connectivity index (χ0n) is 11.2. The van der Waals surface area contributed by atoms with Crippen molar-refractivity contribution < 1.29 is 14.9 Å². The van der Waals surface area contributed by atoms with Crippen LogP contribution in [0.1, 0.15) is 6.92 Å². The zero-order valence-corrected chi connectivity index (χ0v) is 11.2. The first kappa shape index (κ1) is 14.3. The molecule has 1 aromatic carbocycles. The smallest absolute Gasteiger partial charge is 0.142 e. The standard InChI is InChI=1S/C13H18N4O3/c1-2-20-13-4-3-10(17-8-15-16-9-17)5-12(13)14-6-11(19)7-18/h3-5,8-9,11,14,18-19H,2,6-7H2,1H3. The molecule has 7 heteroatoms. The van der Waals surface area contributed by atoms with E-state index in [1.807, 2.05) is 25.1 Å². The van der Waals surface area contributed by atoms with Gasteiger partial charge in [0.1, 0.15) is 18.4 Å². The van der Waals surface area contributed by atoms with Gasteiger partial charge >= 0.3 is 0 Å². The fourth-order valence-corrected chi connectivity index (χ4v) is 1.72. The average molecular weight is 278 g/mol. The van der Waals surface area contributed by atoms with Gasteiger partial charge in [0, 0.05) is 6.54 Å². The van der Waals surface area contributed by atoms with Gasteiger partial charge in [0.15, 0.2) is 0 Å². The number of aromatic nitrogens is 3. The molecule has 0 spiro atoms. The topological polar surface area (TPSA) is 92.4 Å². The minimum Gasteiger partial charge on any atom is -0.492 e. The largest absolute Gasteiger partial charge is 0.492 e. The highest BCUT2D eigenvalue weighted by Crippen LogP contribution is 2.27. The summed E-state index contributed by atoms with van der Waals surface area (Å²) in [5.41, 5.74) is 1.62. The van der Waals surface area contributed by atoms with Crippen LogP contribution >= 0.6 is 0 Å². The van der Waals surface area contributed by atoms with E-state index in [9.17, 15) is 5.11 Å². The summed E-state index contributed by atoms with van der Waals surface area (Å²) in [4.78, 5) is 0. The first-order valence-electron chi connectivity index (χ1n) is 6.39. The summed E-state index contributed by atoms with van der Waals surface area (Å²) < 4.78 is 7.30. The normalized spacial score (nSPS) is 12.2. The van der Waals surface area contributed by atoms with Gasteiger partial charge in [0.25, 0.3) is 0 Å².